The molecule has 0 saturated carbocycles. The van der Waals surface area contributed by atoms with E-state index in [1.54, 1.807) is 37.0 Å². The Balaban J connectivity index is 1.36. The van der Waals surface area contributed by atoms with Crippen LogP contribution in [0.1, 0.15) is 43.4 Å². The molecule has 4 heterocycles. The van der Waals surface area contributed by atoms with Gasteiger partial charge in [0.05, 0.1) is 23.2 Å². The van der Waals surface area contributed by atoms with Gasteiger partial charge >= 0.3 is 0 Å². The highest BCUT2D eigenvalue weighted by molar-refractivity contribution is 5.92. The van der Waals surface area contributed by atoms with E-state index in [0.29, 0.717) is 52.7 Å². The van der Waals surface area contributed by atoms with Crippen molar-refractivity contribution in [2.75, 3.05) is 18.0 Å². The SMILES string of the molecule is CC(C)(O)Cn1nnc2cc(-c3cnc(N4CCC(NCc5cccnc5)CC4)c(C#N)c3-c3ccc(C#N)c(F)c3)ccc21. The molecule has 11 heteroatoms. The first kappa shape index (κ1) is 29.8. The van der Waals surface area contributed by atoms with E-state index in [-0.39, 0.29) is 12.1 Å². The Morgan fingerprint density at radius 3 is 2.53 bits per heavy atom. The molecular weight excluding hydrogens is 569 g/mol. The number of piperidine rings is 1. The summed E-state index contributed by atoms with van der Waals surface area (Å²) in [7, 11) is 0. The number of benzene rings is 2. The molecule has 45 heavy (non-hydrogen) atoms. The summed E-state index contributed by atoms with van der Waals surface area (Å²) in [6.07, 6.45) is 7.07. The Bertz CT molecular complexity index is 1930. The summed E-state index contributed by atoms with van der Waals surface area (Å²) in [5.74, 6) is -0.113. The minimum atomic E-state index is -0.975. The molecule has 2 aromatic carbocycles. The van der Waals surface area contributed by atoms with E-state index < -0.39 is 11.4 Å². The van der Waals surface area contributed by atoms with Crippen LogP contribution in [0.3, 0.4) is 0 Å². The van der Waals surface area contributed by atoms with Crippen molar-refractivity contribution in [1.82, 2.24) is 30.3 Å². The van der Waals surface area contributed by atoms with E-state index in [1.807, 2.05) is 42.6 Å². The van der Waals surface area contributed by atoms with Gasteiger partial charge in [0.15, 0.2) is 0 Å². The summed E-state index contributed by atoms with van der Waals surface area (Å²) in [6, 6.07) is 18.5. The van der Waals surface area contributed by atoms with Crippen LogP contribution in [0.25, 0.3) is 33.3 Å². The molecule has 5 aromatic rings. The Hall–Kier alpha value is -5.23. The quantitative estimate of drug-likeness (QED) is 0.252. The fourth-order valence-electron chi connectivity index (χ4n) is 5.81. The van der Waals surface area contributed by atoms with Crippen LogP contribution in [-0.2, 0) is 13.1 Å². The fourth-order valence-corrected chi connectivity index (χ4v) is 5.81. The number of anilines is 1. The average Bonchev–Trinajstić information content (AvgIpc) is 3.44. The monoisotopic (exact) mass is 601 g/mol. The van der Waals surface area contributed by atoms with E-state index in [1.165, 1.54) is 12.1 Å². The van der Waals surface area contributed by atoms with Gasteiger partial charge in [-0.1, -0.05) is 23.4 Å². The van der Waals surface area contributed by atoms with Crippen LogP contribution in [0.2, 0.25) is 0 Å². The van der Waals surface area contributed by atoms with Crippen molar-refractivity contribution in [2.45, 2.75) is 51.4 Å². The minimum Gasteiger partial charge on any atom is -0.389 e. The topological polar surface area (TPSA) is 140 Å². The van der Waals surface area contributed by atoms with Crippen molar-refractivity contribution in [2.24, 2.45) is 0 Å². The molecule has 10 nitrogen and oxygen atoms in total. The van der Waals surface area contributed by atoms with Crippen molar-refractivity contribution < 1.29 is 9.50 Å². The fraction of sp³-hybridized carbons (Fsp3) is 0.294. The highest BCUT2D eigenvalue weighted by Crippen LogP contribution is 2.40. The molecule has 1 saturated heterocycles. The first-order valence-electron chi connectivity index (χ1n) is 14.8. The van der Waals surface area contributed by atoms with Crippen molar-refractivity contribution in [3.8, 4) is 34.4 Å². The van der Waals surface area contributed by atoms with Crippen molar-refractivity contribution in [3.63, 3.8) is 0 Å². The van der Waals surface area contributed by atoms with Gasteiger partial charge in [-0.15, -0.1) is 5.10 Å². The van der Waals surface area contributed by atoms with Crippen LogP contribution in [0.4, 0.5) is 10.2 Å². The number of hydrogen-bond acceptors (Lipinski definition) is 9. The molecule has 0 bridgehead atoms. The van der Waals surface area contributed by atoms with Crippen molar-refractivity contribution in [1.29, 1.82) is 10.5 Å². The van der Waals surface area contributed by atoms with Crippen LogP contribution in [-0.4, -0.2) is 54.8 Å². The summed E-state index contributed by atoms with van der Waals surface area (Å²) < 4.78 is 16.6. The number of nitriles is 2. The standard InChI is InChI=1S/C34H32FN9O/c1-34(2,45)21-44-31-8-7-23(15-30(31)41-42-44)28-20-40-33(27(17-37)32(28)24-5-6-25(16-36)29(35)14-24)43-12-9-26(10-13-43)39-19-22-4-3-11-38-18-22/h3-8,11,14-15,18,20,26,39,45H,9-10,12-13,19,21H2,1-2H3. The normalized spacial score (nSPS) is 14.0. The zero-order chi connectivity index (χ0) is 31.6. The van der Waals surface area contributed by atoms with E-state index >= 15 is 0 Å². The second-order valence-electron chi connectivity index (χ2n) is 11.9. The van der Waals surface area contributed by atoms with E-state index in [9.17, 15) is 20.0 Å². The smallest absolute Gasteiger partial charge is 0.147 e. The number of aliphatic hydroxyl groups is 1. The molecule has 0 amide bonds. The average molecular weight is 602 g/mol. The van der Waals surface area contributed by atoms with Gasteiger partial charge in [-0.3, -0.25) is 4.98 Å². The number of hydrogen-bond donors (Lipinski definition) is 2. The minimum absolute atomic E-state index is 0.0706. The van der Waals surface area contributed by atoms with Crippen molar-refractivity contribution in [3.05, 3.63) is 89.6 Å². The Morgan fingerprint density at radius 1 is 1.04 bits per heavy atom. The van der Waals surface area contributed by atoms with Gasteiger partial charge in [0.25, 0.3) is 0 Å². The lowest BCUT2D eigenvalue weighted by Crippen LogP contribution is -2.42. The number of pyridine rings is 2. The highest BCUT2D eigenvalue weighted by atomic mass is 19.1. The lowest BCUT2D eigenvalue weighted by molar-refractivity contribution is 0.0585. The molecule has 1 fully saturated rings. The van der Waals surface area contributed by atoms with Crippen LogP contribution in [0.5, 0.6) is 0 Å². The van der Waals surface area contributed by atoms with Crippen LogP contribution in [0.15, 0.2) is 67.1 Å². The van der Waals surface area contributed by atoms with Gasteiger partial charge in [0.1, 0.15) is 34.9 Å². The molecule has 2 N–H and O–H groups in total. The van der Waals surface area contributed by atoms with Crippen molar-refractivity contribution >= 4 is 16.9 Å². The maximum Gasteiger partial charge on any atom is 0.147 e. The predicted octanol–water partition coefficient (Wildman–Crippen LogP) is 4.97. The first-order chi connectivity index (χ1) is 21.7. The Morgan fingerprint density at radius 2 is 1.84 bits per heavy atom. The third kappa shape index (κ3) is 6.36. The lowest BCUT2D eigenvalue weighted by atomic mass is 9.91. The summed E-state index contributed by atoms with van der Waals surface area (Å²) >= 11 is 0. The van der Waals surface area contributed by atoms with Gasteiger partial charge < -0.3 is 15.3 Å². The van der Waals surface area contributed by atoms with Gasteiger partial charge in [0.2, 0.25) is 0 Å². The third-order valence-corrected chi connectivity index (χ3v) is 8.02. The van der Waals surface area contributed by atoms with Gasteiger partial charge in [-0.05, 0) is 73.7 Å². The Labute approximate surface area is 260 Å². The molecule has 1 aliphatic rings. The molecule has 0 unspecified atom stereocenters. The number of nitrogens with zero attached hydrogens (tertiary/aromatic N) is 8. The number of aromatic nitrogens is 5. The largest absolute Gasteiger partial charge is 0.389 e. The van der Waals surface area contributed by atoms with E-state index in [0.717, 1.165) is 36.0 Å². The summed E-state index contributed by atoms with van der Waals surface area (Å²) in [5, 5.41) is 42.3. The maximum atomic E-state index is 15.0. The highest BCUT2D eigenvalue weighted by Gasteiger charge is 2.26. The zero-order valence-corrected chi connectivity index (χ0v) is 25.1. The maximum absolute atomic E-state index is 15.0. The molecule has 226 valence electrons. The molecule has 3 aromatic heterocycles. The number of rotatable bonds is 8. The number of fused-ring (bicyclic) bond motifs is 1. The molecule has 0 atom stereocenters. The molecule has 0 aliphatic carbocycles. The molecule has 0 spiro atoms. The van der Waals surface area contributed by atoms with Crippen LogP contribution in [0, 0.1) is 28.5 Å². The molecular formula is C34H32FN9O. The third-order valence-electron chi connectivity index (χ3n) is 8.02. The summed E-state index contributed by atoms with van der Waals surface area (Å²) in [6.45, 7) is 5.81. The second-order valence-corrected chi connectivity index (χ2v) is 11.9. The predicted molar refractivity (Wildman–Crippen MR) is 168 cm³/mol. The zero-order valence-electron chi connectivity index (χ0n) is 25.1. The van der Waals surface area contributed by atoms with Gasteiger partial charge in [-0.25, -0.2) is 14.1 Å². The summed E-state index contributed by atoms with van der Waals surface area (Å²) in [4.78, 5) is 11.1. The van der Waals surface area contributed by atoms with E-state index in [2.05, 4.69) is 31.6 Å². The first-order valence-corrected chi connectivity index (χ1v) is 14.8. The molecule has 1 aliphatic heterocycles. The number of halogens is 1. The molecule has 0 radical (unpaired) electrons. The molecule has 6 rings (SSSR count). The van der Waals surface area contributed by atoms with E-state index in [4.69, 9.17) is 4.98 Å². The van der Waals surface area contributed by atoms with Gasteiger partial charge in [-0.2, -0.15) is 10.5 Å². The van der Waals surface area contributed by atoms with Crippen LogP contribution < -0.4 is 10.2 Å². The summed E-state index contributed by atoms with van der Waals surface area (Å²) in [5.41, 5.74) is 4.14. The lowest BCUT2D eigenvalue weighted by Gasteiger charge is -2.34. The van der Waals surface area contributed by atoms with Gasteiger partial charge in [0, 0.05) is 55.4 Å². The number of nitrogens with one attached hydrogen (secondary N) is 1. The Kier molecular flexibility index (Phi) is 8.22. The second kappa shape index (κ2) is 12.4. The van der Waals surface area contributed by atoms with Crippen LogP contribution >= 0.6 is 0 Å².